The van der Waals surface area contributed by atoms with Gasteiger partial charge in [0.05, 0.1) is 11.7 Å². The van der Waals surface area contributed by atoms with Crippen molar-refractivity contribution in [3.05, 3.63) is 107 Å². The van der Waals surface area contributed by atoms with E-state index in [0.717, 1.165) is 33.5 Å². The molecule has 0 saturated heterocycles. The van der Waals surface area contributed by atoms with Crippen LogP contribution in [-0.4, -0.2) is 26.0 Å². The van der Waals surface area contributed by atoms with Crippen molar-refractivity contribution in [2.75, 3.05) is 0 Å². The fraction of sp³-hybridized carbons (Fsp3) is 0.125. The first-order valence-corrected chi connectivity index (χ1v) is 9.72. The van der Waals surface area contributed by atoms with Gasteiger partial charge in [0.1, 0.15) is 11.5 Å². The first-order valence-electron chi connectivity index (χ1n) is 9.72. The molecule has 0 saturated carbocycles. The molecular formula is C24H19FN4O. The van der Waals surface area contributed by atoms with Crippen LogP contribution in [0.15, 0.2) is 73.1 Å². The monoisotopic (exact) mass is 398 g/mol. The maximum atomic E-state index is 13.6. The van der Waals surface area contributed by atoms with E-state index in [1.54, 1.807) is 29.4 Å². The number of H-pyrrole nitrogens is 1. The Kier molecular flexibility index (Phi) is 4.39. The normalized spacial score (nSPS) is 15.5. The number of fused-ring (bicyclic) bond motifs is 1. The number of aromatic amines is 1. The summed E-state index contributed by atoms with van der Waals surface area (Å²) in [7, 11) is 0. The molecule has 2 aromatic carbocycles. The number of halogens is 1. The van der Waals surface area contributed by atoms with Crippen LogP contribution in [-0.2, 0) is 6.54 Å². The number of benzene rings is 2. The molecule has 1 atom stereocenters. The summed E-state index contributed by atoms with van der Waals surface area (Å²) in [4.78, 5) is 19.3. The average molecular weight is 398 g/mol. The minimum Gasteiger partial charge on any atom is -0.322 e. The summed E-state index contributed by atoms with van der Waals surface area (Å²) in [6.45, 7) is 2.42. The molecular weight excluding hydrogens is 379 g/mol. The van der Waals surface area contributed by atoms with E-state index < -0.39 is 0 Å². The van der Waals surface area contributed by atoms with Gasteiger partial charge < -0.3 is 4.90 Å². The minimum atomic E-state index is -0.372. The molecule has 0 aliphatic carbocycles. The van der Waals surface area contributed by atoms with Crippen LogP contribution in [0, 0.1) is 12.7 Å². The zero-order valence-electron chi connectivity index (χ0n) is 16.3. The van der Waals surface area contributed by atoms with Crippen LogP contribution in [0.4, 0.5) is 4.39 Å². The molecule has 1 N–H and O–H groups in total. The SMILES string of the molecule is Cc1ccc(-c2n[nH]c3c2C(c2ccc(F)cc2)N(Cc2cccnc2)C3=O)cc1. The highest BCUT2D eigenvalue weighted by Crippen LogP contribution is 2.43. The van der Waals surface area contributed by atoms with Crippen LogP contribution >= 0.6 is 0 Å². The molecule has 3 heterocycles. The van der Waals surface area contributed by atoms with E-state index in [9.17, 15) is 9.18 Å². The van der Waals surface area contributed by atoms with Crippen molar-refractivity contribution in [2.45, 2.75) is 19.5 Å². The lowest BCUT2D eigenvalue weighted by Crippen LogP contribution is -2.29. The van der Waals surface area contributed by atoms with E-state index in [0.29, 0.717) is 12.2 Å². The van der Waals surface area contributed by atoms with Crippen LogP contribution < -0.4 is 0 Å². The topological polar surface area (TPSA) is 61.9 Å². The quantitative estimate of drug-likeness (QED) is 0.544. The van der Waals surface area contributed by atoms with Gasteiger partial charge in [0, 0.05) is 30.1 Å². The number of aryl methyl sites for hydroxylation is 1. The second-order valence-corrected chi connectivity index (χ2v) is 7.48. The second-order valence-electron chi connectivity index (χ2n) is 7.48. The van der Waals surface area contributed by atoms with Gasteiger partial charge in [-0.2, -0.15) is 5.10 Å². The lowest BCUT2D eigenvalue weighted by Gasteiger charge is -2.26. The maximum Gasteiger partial charge on any atom is 0.273 e. The fourth-order valence-corrected chi connectivity index (χ4v) is 3.97. The molecule has 0 spiro atoms. The summed E-state index contributed by atoms with van der Waals surface area (Å²) in [6.07, 6.45) is 3.45. The second kappa shape index (κ2) is 7.22. The molecule has 30 heavy (non-hydrogen) atoms. The predicted molar refractivity (Wildman–Crippen MR) is 111 cm³/mol. The third-order valence-corrected chi connectivity index (χ3v) is 5.45. The van der Waals surface area contributed by atoms with Crippen molar-refractivity contribution >= 4 is 5.91 Å². The number of hydrogen-bond donors (Lipinski definition) is 1. The Bertz CT molecular complexity index is 1200. The predicted octanol–water partition coefficient (Wildman–Crippen LogP) is 4.66. The molecule has 6 heteroatoms. The summed E-state index contributed by atoms with van der Waals surface area (Å²) < 4.78 is 13.6. The zero-order valence-corrected chi connectivity index (χ0v) is 16.3. The Hall–Kier alpha value is -3.80. The summed E-state index contributed by atoms with van der Waals surface area (Å²) in [6, 6.07) is 17.8. The molecule has 5 nitrogen and oxygen atoms in total. The van der Waals surface area contributed by atoms with Crippen LogP contribution in [0.2, 0.25) is 0 Å². The van der Waals surface area contributed by atoms with E-state index in [-0.39, 0.29) is 17.8 Å². The maximum absolute atomic E-state index is 13.6. The van der Waals surface area contributed by atoms with Gasteiger partial charge in [0.25, 0.3) is 5.91 Å². The molecule has 1 amide bonds. The van der Waals surface area contributed by atoms with Gasteiger partial charge >= 0.3 is 0 Å². The largest absolute Gasteiger partial charge is 0.322 e. The van der Waals surface area contributed by atoms with Crippen molar-refractivity contribution in [1.82, 2.24) is 20.1 Å². The van der Waals surface area contributed by atoms with Gasteiger partial charge in [-0.3, -0.25) is 14.9 Å². The van der Waals surface area contributed by atoms with E-state index in [1.165, 1.54) is 12.1 Å². The summed E-state index contributed by atoms with van der Waals surface area (Å²) in [5.41, 5.74) is 5.87. The highest BCUT2D eigenvalue weighted by atomic mass is 19.1. The molecule has 1 aliphatic rings. The highest BCUT2D eigenvalue weighted by Gasteiger charge is 2.42. The first kappa shape index (κ1) is 18.2. The van der Waals surface area contributed by atoms with E-state index >= 15 is 0 Å². The van der Waals surface area contributed by atoms with Crippen LogP contribution in [0.5, 0.6) is 0 Å². The van der Waals surface area contributed by atoms with E-state index in [4.69, 9.17) is 0 Å². The van der Waals surface area contributed by atoms with Gasteiger partial charge in [-0.1, -0.05) is 48.0 Å². The lowest BCUT2D eigenvalue weighted by atomic mass is 9.95. The van der Waals surface area contributed by atoms with Crippen molar-refractivity contribution < 1.29 is 9.18 Å². The Morgan fingerprint density at radius 1 is 1.07 bits per heavy atom. The first-order chi connectivity index (χ1) is 14.6. The van der Waals surface area contributed by atoms with Gasteiger partial charge in [0.15, 0.2) is 0 Å². The lowest BCUT2D eigenvalue weighted by molar-refractivity contribution is 0.0730. The summed E-state index contributed by atoms with van der Waals surface area (Å²) in [5, 5.41) is 7.41. The summed E-state index contributed by atoms with van der Waals surface area (Å²) >= 11 is 0. The van der Waals surface area contributed by atoms with Crippen molar-refractivity contribution in [1.29, 1.82) is 0 Å². The minimum absolute atomic E-state index is 0.131. The number of amides is 1. The number of rotatable bonds is 4. The number of nitrogens with one attached hydrogen (secondary N) is 1. The zero-order chi connectivity index (χ0) is 20.7. The standard InChI is InChI=1S/C24H19FN4O/c1-15-4-6-17(7-5-15)21-20-22(28-27-21)24(30)29(14-16-3-2-12-26-13-16)23(20)18-8-10-19(25)11-9-18/h2-13,23H,14H2,1H3,(H,27,28). The van der Waals surface area contributed by atoms with Crippen LogP contribution in [0.25, 0.3) is 11.3 Å². The van der Waals surface area contributed by atoms with Gasteiger partial charge in [-0.25, -0.2) is 4.39 Å². The van der Waals surface area contributed by atoms with E-state index in [2.05, 4.69) is 15.2 Å². The van der Waals surface area contributed by atoms with Crippen molar-refractivity contribution in [2.24, 2.45) is 0 Å². The number of nitrogens with zero attached hydrogens (tertiary/aromatic N) is 3. The van der Waals surface area contributed by atoms with E-state index in [1.807, 2.05) is 43.3 Å². The molecule has 0 fully saturated rings. The smallest absolute Gasteiger partial charge is 0.273 e. The van der Waals surface area contributed by atoms with Crippen LogP contribution in [0.3, 0.4) is 0 Å². The summed E-state index contributed by atoms with van der Waals surface area (Å²) in [5.74, 6) is -0.443. The Morgan fingerprint density at radius 3 is 2.53 bits per heavy atom. The highest BCUT2D eigenvalue weighted by molar-refractivity contribution is 6.00. The van der Waals surface area contributed by atoms with Gasteiger partial charge in [-0.05, 0) is 36.2 Å². The number of hydrogen-bond acceptors (Lipinski definition) is 3. The molecule has 5 rings (SSSR count). The third-order valence-electron chi connectivity index (χ3n) is 5.45. The molecule has 4 aromatic rings. The number of carbonyl (C=O) groups is 1. The van der Waals surface area contributed by atoms with Crippen molar-refractivity contribution in [3.63, 3.8) is 0 Å². The number of aromatic nitrogens is 3. The van der Waals surface area contributed by atoms with Gasteiger partial charge in [-0.15, -0.1) is 0 Å². The molecule has 1 aliphatic heterocycles. The Morgan fingerprint density at radius 2 is 1.83 bits per heavy atom. The Balaban J connectivity index is 1.64. The molecule has 0 bridgehead atoms. The van der Waals surface area contributed by atoms with Crippen molar-refractivity contribution in [3.8, 4) is 11.3 Å². The molecule has 0 radical (unpaired) electrons. The Labute approximate surface area is 173 Å². The third kappa shape index (κ3) is 3.06. The fourth-order valence-electron chi connectivity index (χ4n) is 3.97. The molecule has 2 aromatic heterocycles. The van der Waals surface area contributed by atoms with Crippen LogP contribution in [0.1, 0.15) is 38.8 Å². The van der Waals surface area contributed by atoms with Gasteiger partial charge in [0.2, 0.25) is 0 Å². The number of pyridine rings is 1. The molecule has 148 valence electrons. The number of carbonyl (C=O) groups excluding carboxylic acids is 1. The average Bonchev–Trinajstić information content (AvgIpc) is 3.30. The molecule has 1 unspecified atom stereocenters.